The molecule has 3 rings (SSSR count). The van der Waals surface area contributed by atoms with Crippen molar-refractivity contribution in [2.75, 3.05) is 46.0 Å². The summed E-state index contributed by atoms with van der Waals surface area (Å²) in [7, 11) is 0. The van der Waals surface area contributed by atoms with Crippen LogP contribution in [-0.4, -0.2) is 56.9 Å². The second-order valence-electron chi connectivity index (χ2n) is 8.10. The van der Waals surface area contributed by atoms with Gasteiger partial charge in [-0.25, -0.2) is 4.99 Å². The van der Waals surface area contributed by atoms with Gasteiger partial charge in [-0.15, -0.1) is 24.0 Å². The van der Waals surface area contributed by atoms with E-state index >= 15 is 0 Å². The Bertz CT molecular complexity index is 796. The smallest absolute Gasteiger partial charge is 0.191 e. The van der Waals surface area contributed by atoms with Crippen molar-refractivity contribution in [3.05, 3.63) is 71.3 Å². The summed E-state index contributed by atoms with van der Waals surface area (Å²) in [6.07, 6.45) is 1.04. The van der Waals surface area contributed by atoms with Crippen molar-refractivity contribution in [1.29, 1.82) is 0 Å². The summed E-state index contributed by atoms with van der Waals surface area (Å²) >= 11 is 0. The topological polar surface area (TPSA) is 58.1 Å². The van der Waals surface area contributed by atoms with Gasteiger partial charge in [-0.2, -0.15) is 0 Å². The fourth-order valence-corrected chi connectivity index (χ4v) is 3.64. The average molecular weight is 567 g/mol. The monoisotopic (exact) mass is 566 g/mol. The van der Waals surface area contributed by atoms with Gasteiger partial charge in [0, 0.05) is 39.3 Å². The Hall–Kier alpha value is -1.68. The van der Waals surface area contributed by atoms with Gasteiger partial charge < -0.3 is 20.1 Å². The molecule has 2 N–H and O–H groups in total. The van der Waals surface area contributed by atoms with Crippen LogP contribution in [0.5, 0.6) is 0 Å². The van der Waals surface area contributed by atoms with E-state index < -0.39 is 0 Å². The van der Waals surface area contributed by atoms with Crippen molar-refractivity contribution in [2.45, 2.75) is 39.5 Å². The average Bonchev–Trinajstić information content (AvgIpc) is 2.84. The molecule has 7 heteroatoms. The number of ether oxygens (including phenoxy) is 2. The first-order chi connectivity index (χ1) is 15.7. The molecule has 0 aromatic heterocycles. The molecule has 0 spiro atoms. The number of nitrogens with one attached hydrogen (secondary N) is 2. The lowest BCUT2D eigenvalue weighted by molar-refractivity contribution is 0.0342. The zero-order chi connectivity index (χ0) is 22.4. The van der Waals surface area contributed by atoms with Crippen LogP contribution in [0.3, 0.4) is 0 Å². The number of hydrogen-bond donors (Lipinski definition) is 2. The van der Waals surface area contributed by atoms with E-state index in [1.807, 2.05) is 18.2 Å². The summed E-state index contributed by atoms with van der Waals surface area (Å²) in [5, 5.41) is 6.73. The number of benzene rings is 2. The van der Waals surface area contributed by atoms with E-state index in [1.165, 1.54) is 16.7 Å². The van der Waals surface area contributed by atoms with Crippen LogP contribution in [0, 0.1) is 0 Å². The minimum atomic E-state index is 0. The predicted octanol–water partition coefficient (Wildman–Crippen LogP) is 4.36. The van der Waals surface area contributed by atoms with Gasteiger partial charge in [0.25, 0.3) is 0 Å². The Morgan fingerprint density at radius 3 is 2.42 bits per heavy atom. The molecule has 182 valence electrons. The largest absolute Gasteiger partial charge is 0.379 e. The molecule has 1 aliphatic heterocycles. The first kappa shape index (κ1) is 27.6. The lowest BCUT2D eigenvalue weighted by atomic mass is 10.1. The quantitative estimate of drug-likeness (QED) is 0.183. The molecule has 2 aromatic carbocycles. The third kappa shape index (κ3) is 10.4. The van der Waals surface area contributed by atoms with Crippen molar-refractivity contribution in [3.63, 3.8) is 0 Å². The van der Waals surface area contributed by atoms with E-state index in [-0.39, 0.29) is 30.1 Å². The highest BCUT2D eigenvalue weighted by Crippen LogP contribution is 2.15. The van der Waals surface area contributed by atoms with Crippen LogP contribution in [0.2, 0.25) is 0 Å². The molecular weight excluding hydrogens is 527 g/mol. The summed E-state index contributed by atoms with van der Waals surface area (Å²) in [5.74, 6) is 0.848. The van der Waals surface area contributed by atoms with E-state index in [9.17, 15) is 0 Å². The molecule has 33 heavy (non-hydrogen) atoms. The van der Waals surface area contributed by atoms with Gasteiger partial charge in [-0.3, -0.25) is 4.90 Å². The highest BCUT2D eigenvalue weighted by molar-refractivity contribution is 14.0. The molecule has 2 aromatic rings. The fraction of sp³-hybridized carbons (Fsp3) is 0.500. The minimum Gasteiger partial charge on any atom is -0.379 e. The van der Waals surface area contributed by atoms with Crippen LogP contribution < -0.4 is 10.6 Å². The van der Waals surface area contributed by atoms with Crippen LogP contribution in [0.1, 0.15) is 43.1 Å². The molecular formula is C26H39IN4O2. The number of halogens is 1. The number of morpholine rings is 1. The summed E-state index contributed by atoms with van der Waals surface area (Å²) in [6.45, 7) is 11.9. The van der Waals surface area contributed by atoms with Gasteiger partial charge in [-0.05, 0) is 37.0 Å². The third-order valence-electron chi connectivity index (χ3n) is 5.55. The van der Waals surface area contributed by atoms with E-state index in [2.05, 4.69) is 65.8 Å². The Balaban J connectivity index is 0.00000385. The molecule has 1 saturated heterocycles. The van der Waals surface area contributed by atoms with Crippen molar-refractivity contribution in [3.8, 4) is 0 Å². The Morgan fingerprint density at radius 1 is 1.03 bits per heavy atom. The maximum atomic E-state index is 5.95. The summed E-state index contributed by atoms with van der Waals surface area (Å²) in [6, 6.07) is 19.1. The van der Waals surface area contributed by atoms with E-state index in [0.29, 0.717) is 13.2 Å². The summed E-state index contributed by atoms with van der Waals surface area (Å²) in [5.41, 5.74) is 3.77. The molecule has 0 amide bonds. The van der Waals surface area contributed by atoms with E-state index in [1.54, 1.807) is 0 Å². The SMILES string of the molecule is CCNC(=NCc1ccc(CN2CCOCC2)cc1)NCCCOC(C)c1ccccc1.I. The Kier molecular flexibility index (Phi) is 13.4. The molecule has 0 saturated carbocycles. The highest BCUT2D eigenvalue weighted by atomic mass is 127. The maximum absolute atomic E-state index is 5.95. The second-order valence-corrected chi connectivity index (χ2v) is 8.10. The van der Waals surface area contributed by atoms with Crippen molar-refractivity contribution in [2.24, 2.45) is 4.99 Å². The van der Waals surface area contributed by atoms with E-state index in [0.717, 1.165) is 58.3 Å². The van der Waals surface area contributed by atoms with Crippen LogP contribution in [0.15, 0.2) is 59.6 Å². The van der Waals surface area contributed by atoms with Crippen LogP contribution >= 0.6 is 24.0 Å². The molecule has 0 aliphatic carbocycles. The van der Waals surface area contributed by atoms with E-state index in [4.69, 9.17) is 14.5 Å². The third-order valence-corrected chi connectivity index (χ3v) is 5.55. The van der Waals surface area contributed by atoms with Crippen LogP contribution in [0.25, 0.3) is 0 Å². The van der Waals surface area contributed by atoms with Crippen molar-refractivity contribution < 1.29 is 9.47 Å². The maximum Gasteiger partial charge on any atom is 0.191 e. The van der Waals surface area contributed by atoms with Gasteiger partial charge >= 0.3 is 0 Å². The molecule has 1 unspecified atom stereocenters. The van der Waals surface area contributed by atoms with Crippen molar-refractivity contribution >= 4 is 29.9 Å². The predicted molar refractivity (Wildman–Crippen MR) is 146 cm³/mol. The second kappa shape index (κ2) is 16.0. The summed E-state index contributed by atoms with van der Waals surface area (Å²) in [4.78, 5) is 7.17. The van der Waals surface area contributed by atoms with Gasteiger partial charge in [0.05, 0.1) is 25.9 Å². The standard InChI is InChI=1S/C26H38N4O2.HI/c1-3-27-26(28-14-7-17-32-22(2)25-8-5-4-6-9-25)29-20-23-10-12-24(13-11-23)21-30-15-18-31-19-16-30;/h4-6,8-13,22H,3,7,14-21H2,1-2H3,(H2,27,28,29);1H. The number of rotatable bonds is 11. The van der Waals surface area contributed by atoms with Gasteiger partial charge in [0.1, 0.15) is 0 Å². The molecule has 6 nitrogen and oxygen atoms in total. The van der Waals surface area contributed by atoms with Gasteiger partial charge in [0.2, 0.25) is 0 Å². The molecule has 0 bridgehead atoms. The fourth-order valence-electron chi connectivity index (χ4n) is 3.64. The zero-order valence-corrected chi connectivity index (χ0v) is 22.3. The van der Waals surface area contributed by atoms with Crippen LogP contribution in [-0.2, 0) is 22.6 Å². The normalized spacial score (nSPS) is 15.5. The first-order valence-electron chi connectivity index (χ1n) is 11.8. The van der Waals surface area contributed by atoms with Gasteiger partial charge in [0.15, 0.2) is 5.96 Å². The highest BCUT2D eigenvalue weighted by Gasteiger charge is 2.10. The van der Waals surface area contributed by atoms with Gasteiger partial charge in [-0.1, -0.05) is 54.6 Å². The number of aliphatic imine (C=N–C) groups is 1. The zero-order valence-electron chi connectivity index (χ0n) is 20.0. The Morgan fingerprint density at radius 2 is 1.73 bits per heavy atom. The molecule has 1 fully saturated rings. The molecule has 1 heterocycles. The number of guanidine groups is 1. The summed E-state index contributed by atoms with van der Waals surface area (Å²) < 4.78 is 11.4. The lowest BCUT2D eigenvalue weighted by Gasteiger charge is -2.26. The molecule has 1 aliphatic rings. The molecule has 1 atom stereocenters. The lowest BCUT2D eigenvalue weighted by Crippen LogP contribution is -2.38. The van der Waals surface area contributed by atoms with Crippen LogP contribution in [0.4, 0.5) is 0 Å². The van der Waals surface area contributed by atoms with Crippen molar-refractivity contribution in [1.82, 2.24) is 15.5 Å². The number of nitrogens with zero attached hydrogens (tertiary/aromatic N) is 2. The Labute approximate surface area is 216 Å². The molecule has 0 radical (unpaired) electrons. The first-order valence-corrected chi connectivity index (χ1v) is 11.8. The minimum absolute atomic E-state index is 0. The number of hydrogen-bond acceptors (Lipinski definition) is 4.